The molecular formula is C31H61NO5. The first kappa shape index (κ1) is 35.4. The van der Waals surface area contributed by atoms with Gasteiger partial charge in [-0.05, 0) is 60.8 Å². The van der Waals surface area contributed by atoms with Gasteiger partial charge in [0.1, 0.15) is 17.2 Å². The van der Waals surface area contributed by atoms with Crippen LogP contribution in [0.5, 0.6) is 0 Å². The van der Waals surface area contributed by atoms with Crippen molar-refractivity contribution in [1.29, 1.82) is 0 Å². The molecule has 1 amide bonds. The molecule has 0 aromatic rings. The molecule has 0 spiro atoms. The highest BCUT2D eigenvalue weighted by Gasteiger charge is 2.25. The van der Waals surface area contributed by atoms with Crippen LogP contribution < -0.4 is 5.32 Å². The molecule has 0 unspecified atom stereocenters. The van der Waals surface area contributed by atoms with Crippen LogP contribution in [0.2, 0.25) is 0 Å². The zero-order valence-corrected chi connectivity index (χ0v) is 25.3. The summed E-state index contributed by atoms with van der Waals surface area (Å²) >= 11 is 0. The van der Waals surface area contributed by atoms with E-state index in [0.717, 1.165) is 32.1 Å². The molecule has 220 valence electrons. The minimum absolute atomic E-state index is 0. The molecule has 0 aromatic carbocycles. The van der Waals surface area contributed by atoms with E-state index in [9.17, 15) is 14.4 Å². The van der Waals surface area contributed by atoms with Gasteiger partial charge in [-0.3, -0.25) is 9.59 Å². The van der Waals surface area contributed by atoms with Crippen molar-refractivity contribution >= 4 is 17.8 Å². The molecule has 0 heterocycles. The van der Waals surface area contributed by atoms with Crippen LogP contribution in [-0.4, -0.2) is 35.1 Å². The Balaban J connectivity index is 0. The summed E-state index contributed by atoms with van der Waals surface area (Å²) in [6.45, 7) is 13.3. The van der Waals surface area contributed by atoms with Crippen LogP contribution >= 0.6 is 0 Å². The minimum atomic E-state index is -0.542. The van der Waals surface area contributed by atoms with Gasteiger partial charge in [-0.15, -0.1) is 0 Å². The number of ether oxygens (including phenoxy) is 2. The van der Waals surface area contributed by atoms with Crippen molar-refractivity contribution in [2.45, 2.75) is 181 Å². The van der Waals surface area contributed by atoms with E-state index < -0.39 is 11.6 Å². The molecule has 0 fully saturated rings. The monoisotopic (exact) mass is 527 g/mol. The van der Waals surface area contributed by atoms with Crippen LogP contribution in [0.3, 0.4) is 0 Å². The van der Waals surface area contributed by atoms with E-state index in [4.69, 9.17) is 9.47 Å². The van der Waals surface area contributed by atoms with Crippen molar-refractivity contribution in [3.63, 3.8) is 0 Å². The molecule has 37 heavy (non-hydrogen) atoms. The van der Waals surface area contributed by atoms with E-state index in [-0.39, 0.29) is 24.9 Å². The van der Waals surface area contributed by atoms with E-state index in [1.807, 2.05) is 48.5 Å². The third-order valence-corrected chi connectivity index (χ3v) is 6.06. The molecule has 0 saturated heterocycles. The molecule has 6 heteroatoms. The summed E-state index contributed by atoms with van der Waals surface area (Å²) < 4.78 is 10.8. The highest BCUT2D eigenvalue weighted by atomic mass is 16.6. The lowest BCUT2D eigenvalue weighted by Gasteiger charge is -2.24. The zero-order chi connectivity index (χ0) is 28.2. The van der Waals surface area contributed by atoms with Crippen LogP contribution in [0.15, 0.2) is 0 Å². The fraction of sp³-hybridized carbons (Fsp3) is 0.903. The van der Waals surface area contributed by atoms with Crippen LogP contribution in [0.25, 0.3) is 0 Å². The second-order valence-corrected chi connectivity index (χ2v) is 12.5. The maximum atomic E-state index is 12.3. The lowest BCUT2D eigenvalue weighted by atomic mass is 10.0. The minimum Gasteiger partial charge on any atom is -0.460 e. The van der Waals surface area contributed by atoms with Crippen LogP contribution in [0, 0.1) is 0 Å². The molecule has 0 bridgehead atoms. The summed E-state index contributed by atoms with van der Waals surface area (Å²) in [6.07, 6.45) is 19.1. The Hall–Kier alpha value is -1.59. The van der Waals surface area contributed by atoms with Gasteiger partial charge < -0.3 is 14.8 Å². The van der Waals surface area contributed by atoms with Gasteiger partial charge in [0.25, 0.3) is 0 Å². The fourth-order valence-electron chi connectivity index (χ4n) is 4.25. The van der Waals surface area contributed by atoms with E-state index in [0.29, 0.717) is 19.3 Å². The Kier molecular flexibility index (Phi) is 19.5. The third-order valence-electron chi connectivity index (χ3n) is 6.06. The van der Waals surface area contributed by atoms with E-state index >= 15 is 0 Å². The standard InChI is InChI=1S/C31H59NO5.H2/c1-8-23-26(29(35)37-31(5,6)7)32-27(33)24-21-19-17-15-13-11-9-10-12-14-16-18-20-22-25-28(34)36-30(2,3)4;/h26H,8-25H2,1-7H3,(H,32,33);1H/t26-;/m0./s1. The Labute approximate surface area is 229 Å². The van der Waals surface area contributed by atoms with Gasteiger partial charge in [-0.25, -0.2) is 4.79 Å². The first-order valence-electron chi connectivity index (χ1n) is 15.1. The van der Waals surface area contributed by atoms with Gasteiger partial charge in [0.2, 0.25) is 5.91 Å². The van der Waals surface area contributed by atoms with Crippen molar-refractivity contribution in [2.24, 2.45) is 0 Å². The average Bonchev–Trinajstić information content (AvgIpc) is 2.76. The predicted octanol–water partition coefficient (Wildman–Crippen LogP) is 8.44. The molecule has 6 nitrogen and oxygen atoms in total. The third kappa shape index (κ3) is 24.5. The van der Waals surface area contributed by atoms with E-state index in [2.05, 4.69) is 5.32 Å². The number of esters is 2. The molecule has 0 aromatic heterocycles. The second-order valence-electron chi connectivity index (χ2n) is 12.5. The van der Waals surface area contributed by atoms with E-state index in [1.165, 1.54) is 64.2 Å². The largest absolute Gasteiger partial charge is 0.460 e. The SMILES string of the molecule is CCC[C@H](NC(=O)CCCCCCCCCCCCCCCCC(=O)OC(C)(C)C)C(=O)OC(C)(C)C.[HH]. The second kappa shape index (κ2) is 20.4. The fourth-order valence-corrected chi connectivity index (χ4v) is 4.25. The summed E-state index contributed by atoms with van der Waals surface area (Å²) in [6, 6.07) is -0.541. The van der Waals surface area contributed by atoms with Crippen molar-refractivity contribution < 1.29 is 25.3 Å². The highest BCUT2D eigenvalue weighted by molar-refractivity contribution is 5.84. The number of carbonyl (C=O) groups is 3. The maximum absolute atomic E-state index is 12.3. The summed E-state index contributed by atoms with van der Waals surface area (Å²) in [7, 11) is 0. The average molecular weight is 528 g/mol. The number of hydrogen-bond donors (Lipinski definition) is 1. The zero-order valence-electron chi connectivity index (χ0n) is 25.3. The molecule has 1 N–H and O–H groups in total. The number of amides is 1. The van der Waals surface area contributed by atoms with Crippen LogP contribution in [0.1, 0.15) is 165 Å². The lowest BCUT2D eigenvalue weighted by molar-refractivity contribution is -0.159. The van der Waals surface area contributed by atoms with Crippen molar-refractivity contribution in [2.75, 3.05) is 0 Å². The summed E-state index contributed by atoms with van der Waals surface area (Å²) in [4.78, 5) is 36.2. The molecule has 1 atom stereocenters. The summed E-state index contributed by atoms with van der Waals surface area (Å²) in [5.41, 5.74) is -0.918. The highest BCUT2D eigenvalue weighted by Crippen LogP contribution is 2.15. The number of unbranched alkanes of at least 4 members (excludes halogenated alkanes) is 13. The predicted molar refractivity (Wildman–Crippen MR) is 155 cm³/mol. The Morgan fingerprint density at radius 2 is 1.00 bits per heavy atom. The Morgan fingerprint density at radius 1 is 0.622 bits per heavy atom. The molecule has 0 saturated carbocycles. The molecule has 0 aliphatic heterocycles. The van der Waals surface area contributed by atoms with Gasteiger partial charge >= 0.3 is 11.9 Å². The first-order chi connectivity index (χ1) is 17.3. The van der Waals surface area contributed by atoms with Gasteiger partial charge in [0.05, 0.1) is 0 Å². The first-order valence-corrected chi connectivity index (χ1v) is 15.1. The summed E-state index contributed by atoms with van der Waals surface area (Å²) in [5.74, 6) is -0.459. The topological polar surface area (TPSA) is 81.7 Å². The number of nitrogens with one attached hydrogen (secondary N) is 1. The lowest BCUT2D eigenvalue weighted by Crippen LogP contribution is -2.44. The molecule has 0 radical (unpaired) electrons. The number of hydrogen-bond acceptors (Lipinski definition) is 5. The van der Waals surface area contributed by atoms with Gasteiger partial charge in [0.15, 0.2) is 0 Å². The van der Waals surface area contributed by atoms with Gasteiger partial charge in [-0.1, -0.05) is 90.4 Å². The Morgan fingerprint density at radius 3 is 1.38 bits per heavy atom. The van der Waals surface area contributed by atoms with E-state index in [1.54, 1.807) is 0 Å². The number of carbonyl (C=O) groups excluding carboxylic acids is 3. The number of rotatable bonds is 21. The van der Waals surface area contributed by atoms with Gasteiger partial charge in [0, 0.05) is 14.3 Å². The molecule has 0 rings (SSSR count). The maximum Gasteiger partial charge on any atom is 0.329 e. The van der Waals surface area contributed by atoms with Crippen molar-refractivity contribution in [1.82, 2.24) is 5.32 Å². The normalized spacial score (nSPS) is 12.7. The molecular weight excluding hydrogens is 466 g/mol. The molecule has 0 aliphatic carbocycles. The van der Waals surface area contributed by atoms with Crippen LogP contribution in [0.4, 0.5) is 0 Å². The van der Waals surface area contributed by atoms with Crippen molar-refractivity contribution in [3.05, 3.63) is 0 Å². The van der Waals surface area contributed by atoms with Crippen molar-refractivity contribution in [3.8, 4) is 0 Å². The van der Waals surface area contributed by atoms with Crippen LogP contribution in [-0.2, 0) is 23.9 Å². The molecule has 0 aliphatic rings. The smallest absolute Gasteiger partial charge is 0.329 e. The summed E-state index contributed by atoms with van der Waals surface area (Å²) in [5, 5.41) is 2.87. The van der Waals surface area contributed by atoms with Gasteiger partial charge in [-0.2, -0.15) is 0 Å². The Bertz CT molecular complexity index is 625. The quantitative estimate of drug-likeness (QED) is 0.120.